The molecule has 6 rings (SSSR count). The first-order valence-electron chi connectivity index (χ1n) is 12.5. The number of hydrogen-bond donors (Lipinski definition) is 1. The number of rotatable bonds is 4. The summed E-state index contributed by atoms with van der Waals surface area (Å²) >= 11 is 0. The smallest absolute Gasteiger partial charge is 0.152 e. The van der Waals surface area contributed by atoms with Crippen molar-refractivity contribution >= 4 is 28.4 Å². The molecule has 2 aliphatic heterocycles. The predicted molar refractivity (Wildman–Crippen MR) is 140 cm³/mol. The number of benzene rings is 1. The molecule has 0 saturated carbocycles. The van der Waals surface area contributed by atoms with Crippen LogP contribution in [0.5, 0.6) is 0 Å². The van der Waals surface area contributed by atoms with Gasteiger partial charge in [0, 0.05) is 36.1 Å². The van der Waals surface area contributed by atoms with Crippen LogP contribution in [0.4, 0.5) is 17.5 Å². The number of nitrogen functional groups attached to an aromatic ring is 1. The first kappa shape index (κ1) is 23.2. The molecule has 0 amide bonds. The second kappa shape index (κ2) is 9.33. The largest absolute Gasteiger partial charge is 0.382 e. The lowest BCUT2D eigenvalue weighted by Gasteiger charge is -2.33. The zero-order valence-electron chi connectivity index (χ0n) is 20.9. The lowest BCUT2D eigenvalue weighted by atomic mass is 9.98. The molecule has 188 valence electrons. The molecule has 0 aliphatic carbocycles. The lowest BCUT2D eigenvalue weighted by Crippen LogP contribution is -2.38. The van der Waals surface area contributed by atoms with E-state index in [2.05, 4.69) is 55.3 Å². The van der Waals surface area contributed by atoms with Gasteiger partial charge in [-0.05, 0) is 44.4 Å². The van der Waals surface area contributed by atoms with E-state index in [-0.39, 0.29) is 11.9 Å². The fourth-order valence-corrected chi connectivity index (χ4v) is 5.56. The number of morpholine rings is 1. The number of ether oxygens (including phenoxy) is 1. The van der Waals surface area contributed by atoms with Gasteiger partial charge in [-0.15, -0.1) is 0 Å². The summed E-state index contributed by atoms with van der Waals surface area (Å²) in [7, 11) is 0. The summed E-state index contributed by atoms with van der Waals surface area (Å²) in [5, 5.41) is 15.0. The average molecular weight is 497 g/mol. The molecule has 4 aromatic rings. The van der Waals surface area contributed by atoms with E-state index in [9.17, 15) is 5.26 Å². The number of anilines is 3. The number of aryl methyl sites for hydroxylation is 2. The third-order valence-corrected chi connectivity index (χ3v) is 7.31. The zero-order chi connectivity index (χ0) is 25.5. The predicted octanol–water partition coefficient (Wildman–Crippen LogP) is 3.93. The normalized spacial score (nSPS) is 17.9. The number of nitrogens with two attached hydrogens (primary N) is 1. The van der Waals surface area contributed by atoms with Crippen LogP contribution in [0.1, 0.15) is 41.5 Å². The summed E-state index contributed by atoms with van der Waals surface area (Å²) in [6.45, 7) is 7.52. The van der Waals surface area contributed by atoms with Crippen molar-refractivity contribution in [3.63, 3.8) is 0 Å². The van der Waals surface area contributed by atoms with Crippen LogP contribution in [-0.2, 0) is 4.74 Å². The van der Waals surface area contributed by atoms with Crippen LogP contribution < -0.4 is 15.5 Å². The van der Waals surface area contributed by atoms with Crippen molar-refractivity contribution in [3.8, 4) is 17.2 Å². The van der Waals surface area contributed by atoms with E-state index in [0.29, 0.717) is 24.6 Å². The Balaban J connectivity index is 1.49. The van der Waals surface area contributed by atoms with Crippen LogP contribution in [0.2, 0.25) is 0 Å². The van der Waals surface area contributed by atoms with Crippen molar-refractivity contribution in [1.29, 1.82) is 5.26 Å². The molecule has 37 heavy (non-hydrogen) atoms. The highest BCUT2D eigenvalue weighted by Crippen LogP contribution is 2.42. The monoisotopic (exact) mass is 496 g/mol. The second-order valence-electron chi connectivity index (χ2n) is 9.53. The maximum atomic E-state index is 9.78. The Morgan fingerprint density at radius 2 is 1.92 bits per heavy atom. The van der Waals surface area contributed by atoms with Crippen LogP contribution in [-0.4, -0.2) is 53.0 Å². The van der Waals surface area contributed by atoms with Gasteiger partial charge in [0.1, 0.15) is 35.4 Å². The van der Waals surface area contributed by atoms with Crippen molar-refractivity contribution in [1.82, 2.24) is 20.1 Å². The Morgan fingerprint density at radius 3 is 2.68 bits per heavy atom. The molecule has 10 heteroatoms. The summed E-state index contributed by atoms with van der Waals surface area (Å²) in [6.07, 6.45) is 3.33. The third kappa shape index (κ3) is 4.01. The summed E-state index contributed by atoms with van der Waals surface area (Å²) in [4.78, 5) is 18.2. The van der Waals surface area contributed by atoms with Gasteiger partial charge in [0.2, 0.25) is 0 Å². The number of aromatic nitrogens is 4. The Morgan fingerprint density at radius 1 is 1.08 bits per heavy atom. The molecule has 10 nitrogen and oxygen atoms in total. The molecule has 0 radical (unpaired) electrons. The van der Waals surface area contributed by atoms with E-state index in [1.165, 1.54) is 6.33 Å². The van der Waals surface area contributed by atoms with Gasteiger partial charge in [-0.25, -0.2) is 15.0 Å². The molecule has 0 bridgehead atoms. The van der Waals surface area contributed by atoms with E-state index >= 15 is 0 Å². The van der Waals surface area contributed by atoms with Crippen molar-refractivity contribution in [3.05, 3.63) is 53.2 Å². The molecule has 2 saturated heterocycles. The molecule has 2 fully saturated rings. The highest BCUT2D eigenvalue weighted by atomic mass is 16.5. The molecule has 1 unspecified atom stereocenters. The Bertz CT molecular complexity index is 1500. The topological polar surface area (TPSA) is 130 Å². The van der Waals surface area contributed by atoms with Crippen LogP contribution in [0, 0.1) is 25.2 Å². The maximum Gasteiger partial charge on any atom is 0.152 e. The van der Waals surface area contributed by atoms with Crippen molar-refractivity contribution in [2.24, 2.45) is 0 Å². The van der Waals surface area contributed by atoms with Gasteiger partial charge in [-0.3, -0.25) is 0 Å². The highest BCUT2D eigenvalue weighted by molar-refractivity contribution is 5.87. The quantitative estimate of drug-likeness (QED) is 0.443. The average Bonchev–Trinajstić information content (AvgIpc) is 3.54. The van der Waals surface area contributed by atoms with E-state index in [0.717, 1.165) is 77.3 Å². The second-order valence-corrected chi connectivity index (χ2v) is 9.53. The molecule has 0 spiro atoms. The summed E-state index contributed by atoms with van der Waals surface area (Å²) < 4.78 is 11.0. The maximum absolute atomic E-state index is 9.78. The van der Waals surface area contributed by atoms with Crippen molar-refractivity contribution in [2.75, 3.05) is 48.4 Å². The van der Waals surface area contributed by atoms with Crippen LogP contribution >= 0.6 is 0 Å². The SMILES string of the molecule is Cc1noc(C)c1-c1ccc2cc(C3CCCN3c3ncnc(N)c3C#N)c(N3CCOCC3)nc2c1. The van der Waals surface area contributed by atoms with Crippen molar-refractivity contribution in [2.45, 2.75) is 32.7 Å². The Hall–Kier alpha value is -4.23. The Kier molecular flexibility index (Phi) is 5.85. The number of fused-ring (bicyclic) bond motifs is 1. The van der Waals surface area contributed by atoms with E-state index < -0.39 is 0 Å². The third-order valence-electron chi connectivity index (χ3n) is 7.31. The van der Waals surface area contributed by atoms with Gasteiger partial charge < -0.3 is 24.8 Å². The molecule has 3 aromatic heterocycles. The van der Waals surface area contributed by atoms with Crippen molar-refractivity contribution < 1.29 is 9.26 Å². The Labute approximate surface area is 214 Å². The minimum Gasteiger partial charge on any atom is -0.382 e. The van der Waals surface area contributed by atoms with Gasteiger partial charge in [0.25, 0.3) is 0 Å². The van der Waals surface area contributed by atoms with Gasteiger partial charge in [0.05, 0.1) is 30.5 Å². The highest BCUT2D eigenvalue weighted by Gasteiger charge is 2.33. The molecule has 2 N–H and O–H groups in total. The number of pyridine rings is 1. The van der Waals surface area contributed by atoms with Gasteiger partial charge >= 0.3 is 0 Å². The van der Waals surface area contributed by atoms with E-state index in [1.807, 2.05) is 13.8 Å². The first-order chi connectivity index (χ1) is 18.0. The minimum absolute atomic E-state index is 0.0124. The van der Waals surface area contributed by atoms with Crippen LogP contribution in [0.15, 0.2) is 35.1 Å². The first-order valence-corrected chi connectivity index (χ1v) is 12.5. The van der Waals surface area contributed by atoms with Crippen LogP contribution in [0.3, 0.4) is 0 Å². The zero-order valence-corrected chi connectivity index (χ0v) is 20.9. The fraction of sp³-hybridized carbons (Fsp3) is 0.370. The van der Waals surface area contributed by atoms with Gasteiger partial charge in [0.15, 0.2) is 5.82 Å². The van der Waals surface area contributed by atoms with E-state index in [4.69, 9.17) is 20.0 Å². The number of nitrogens with zero attached hydrogens (tertiary/aromatic N) is 7. The standard InChI is InChI=1S/C27H28N8O2/c1-16-24(17(2)37-33-16)19-6-5-18-12-20(27(32-22(18)13-19)34-8-10-36-11-9-34)23-4-3-7-35(23)26-21(14-28)25(29)30-15-31-26/h5-6,12-13,15,23H,3-4,7-11H2,1-2H3,(H2,29,30,31). The molecule has 1 atom stereocenters. The van der Waals surface area contributed by atoms with E-state index in [1.54, 1.807) is 0 Å². The molecule has 5 heterocycles. The van der Waals surface area contributed by atoms with Gasteiger partial charge in [-0.2, -0.15) is 5.26 Å². The number of nitriles is 1. The molecule has 1 aromatic carbocycles. The molecule has 2 aliphatic rings. The lowest BCUT2D eigenvalue weighted by molar-refractivity contribution is 0.122. The summed E-state index contributed by atoms with van der Waals surface area (Å²) in [5.74, 6) is 2.53. The van der Waals surface area contributed by atoms with Crippen LogP contribution in [0.25, 0.3) is 22.0 Å². The summed E-state index contributed by atoms with van der Waals surface area (Å²) in [5.41, 5.74) is 11.3. The minimum atomic E-state index is 0.0124. The fourth-order valence-electron chi connectivity index (χ4n) is 5.56. The van der Waals surface area contributed by atoms with Gasteiger partial charge in [-0.1, -0.05) is 17.3 Å². The summed E-state index contributed by atoms with van der Waals surface area (Å²) in [6, 6.07) is 10.8. The number of hydrogen-bond acceptors (Lipinski definition) is 10. The molecular weight excluding hydrogens is 468 g/mol. The molecular formula is C27H28N8O2.